The molecule has 3 rings (SSSR count). The van der Waals surface area contributed by atoms with Crippen LogP contribution in [0.2, 0.25) is 4.34 Å². The van der Waals surface area contributed by atoms with Crippen LogP contribution in [0.4, 0.5) is 5.00 Å². The van der Waals surface area contributed by atoms with Gasteiger partial charge >= 0.3 is 0 Å². The van der Waals surface area contributed by atoms with Gasteiger partial charge in [0.05, 0.1) is 10.6 Å². The summed E-state index contributed by atoms with van der Waals surface area (Å²) in [5.74, 6) is 0.756. The van der Waals surface area contributed by atoms with E-state index in [1.54, 1.807) is 4.68 Å². The van der Waals surface area contributed by atoms with Crippen LogP contribution in [0.1, 0.15) is 5.56 Å². The Bertz CT molecular complexity index is 768. The number of benzene rings is 1. The number of nitrogens with zero attached hydrogens (tertiary/aromatic N) is 3. The number of nitrogens with one attached hydrogen (secondary N) is 1. The van der Waals surface area contributed by atoms with Gasteiger partial charge in [0.2, 0.25) is 0 Å². The molecule has 0 aliphatic carbocycles. The van der Waals surface area contributed by atoms with E-state index >= 15 is 0 Å². The number of aryl methyl sites for hydroxylation is 1. The van der Waals surface area contributed by atoms with Gasteiger partial charge in [0.25, 0.3) is 0 Å². The fourth-order valence-corrected chi connectivity index (χ4v) is 3.67. The smallest absolute Gasteiger partial charge is 0.160 e. The number of nitrogens with two attached hydrogens (primary N) is 1. The number of rotatable bonds is 6. The van der Waals surface area contributed by atoms with Crippen molar-refractivity contribution < 1.29 is 0 Å². The molecule has 3 aromatic rings. The molecule has 0 aliphatic rings. The molecule has 3 N–H and O–H groups in total. The first kappa shape index (κ1) is 16.0. The molecule has 0 saturated heterocycles. The van der Waals surface area contributed by atoms with Crippen LogP contribution in [-0.4, -0.2) is 27.4 Å². The molecule has 0 saturated carbocycles. The average Bonchev–Trinajstić information content (AvgIpc) is 3.13. The van der Waals surface area contributed by atoms with Crippen molar-refractivity contribution in [3.8, 4) is 11.4 Å². The summed E-state index contributed by atoms with van der Waals surface area (Å²) in [6.07, 6.45) is 2.39. The number of hydrogen-bond donors (Lipinski definition) is 2. The molecule has 0 bridgehead atoms. The SMILES string of the molecule is Cn1ncnc1-c1cc(N[C@H](CN)Cc2ccccc2)sc1Cl. The fourth-order valence-electron chi connectivity index (χ4n) is 2.43. The van der Waals surface area contributed by atoms with Gasteiger partial charge in [-0.25, -0.2) is 9.67 Å². The second-order valence-corrected chi connectivity index (χ2v) is 6.93. The number of anilines is 1. The standard InChI is InChI=1S/C16H18ClN5S/c1-22-16(19-10-20-22)13-8-14(23-15(13)17)21-12(9-18)7-11-5-3-2-4-6-11/h2-6,8,10,12,21H,7,9,18H2,1H3/t12-/m0/s1. The third-order valence-electron chi connectivity index (χ3n) is 3.59. The predicted molar refractivity (Wildman–Crippen MR) is 95.9 cm³/mol. The zero-order chi connectivity index (χ0) is 16.2. The lowest BCUT2D eigenvalue weighted by Crippen LogP contribution is -2.30. The molecule has 0 unspecified atom stereocenters. The Morgan fingerprint density at radius 3 is 2.78 bits per heavy atom. The summed E-state index contributed by atoms with van der Waals surface area (Å²) in [6.45, 7) is 0.545. The molecule has 23 heavy (non-hydrogen) atoms. The van der Waals surface area contributed by atoms with Gasteiger partial charge in [0.15, 0.2) is 5.82 Å². The van der Waals surface area contributed by atoms with E-state index in [4.69, 9.17) is 17.3 Å². The minimum atomic E-state index is 0.152. The highest BCUT2D eigenvalue weighted by molar-refractivity contribution is 7.20. The van der Waals surface area contributed by atoms with Crippen molar-refractivity contribution in [1.29, 1.82) is 0 Å². The van der Waals surface area contributed by atoms with Gasteiger partial charge in [0, 0.05) is 19.6 Å². The van der Waals surface area contributed by atoms with Crippen LogP contribution < -0.4 is 11.1 Å². The lowest BCUT2D eigenvalue weighted by atomic mass is 10.1. The van der Waals surface area contributed by atoms with Crippen LogP contribution in [0.3, 0.4) is 0 Å². The van der Waals surface area contributed by atoms with E-state index in [1.165, 1.54) is 23.2 Å². The highest BCUT2D eigenvalue weighted by Crippen LogP contribution is 2.37. The van der Waals surface area contributed by atoms with Gasteiger partial charge in [-0.3, -0.25) is 0 Å². The minimum absolute atomic E-state index is 0.152. The largest absolute Gasteiger partial charge is 0.373 e. The van der Waals surface area contributed by atoms with Gasteiger partial charge in [-0.2, -0.15) is 5.10 Å². The van der Waals surface area contributed by atoms with E-state index < -0.39 is 0 Å². The Labute approximate surface area is 144 Å². The van der Waals surface area contributed by atoms with Crippen LogP contribution in [-0.2, 0) is 13.5 Å². The van der Waals surface area contributed by atoms with E-state index in [2.05, 4.69) is 27.5 Å². The number of aromatic nitrogens is 3. The van der Waals surface area contributed by atoms with Crippen LogP contribution in [0.5, 0.6) is 0 Å². The first-order valence-electron chi connectivity index (χ1n) is 7.31. The van der Waals surface area contributed by atoms with Gasteiger partial charge in [-0.15, -0.1) is 11.3 Å². The highest BCUT2D eigenvalue weighted by Gasteiger charge is 2.16. The first-order valence-corrected chi connectivity index (χ1v) is 8.51. The van der Waals surface area contributed by atoms with Crippen LogP contribution >= 0.6 is 22.9 Å². The maximum absolute atomic E-state index is 6.36. The van der Waals surface area contributed by atoms with Gasteiger partial charge in [-0.1, -0.05) is 41.9 Å². The van der Waals surface area contributed by atoms with E-state index in [0.29, 0.717) is 10.9 Å². The van der Waals surface area contributed by atoms with Crippen molar-refractivity contribution in [2.24, 2.45) is 12.8 Å². The molecule has 0 fully saturated rings. The molecule has 1 atom stereocenters. The molecule has 2 heterocycles. The van der Waals surface area contributed by atoms with E-state index in [9.17, 15) is 0 Å². The quantitative estimate of drug-likeness (QED) is 0.718. The maximum Gasteiger partial charge on any atom is 0.160 e. The fraction of sp³-hybridized carbons (Fsp3) is 0.250. The molecule has 0 aliphatic heterocycles. The Balaban J connectivity index is 1.76. The molecular formula is C16H18ClN5S. The molecule has 1 aromatic carbocycles. The van der Waals surface area contributed by atoms with Crippen LogP contribution in [0.25, 0.3) is 11.4 Å². The zero-order valence-corrected chi connectivity index (χ0v) is 14.3. The molecule has 0 radical (unpaired) electrons. The zero-order valence-electron chi connectivity index (χ0n) is 12.7. The predicted octanol–water partition coefficient (Wildman–Crippen LogP) is 3.18. The Kier molecular flexibility index (Phi) is 4.95. The van der Waals surface area contributed by atoms with Crippen molar-refractivity contribution >= 4 is 27.9 Å². The van der Waals surface area contributed by atoms with Crippen molar-refractivity contribution in [3.63, 3.8) is 0 Å². The Morgan fingerprint density at radius 1 is 1.35 bits per heavy atom. The van der Waals surface area contributed by atoms with Crippen molar-refractivity contribution in [3.05, 3.63) is 52.6 Å². The lowest BCUT2D eigenvalue weighted by Gasteiger charge is -2.16. The van der Waals surface area contributed by atoms with Crippen molar-refractivity contribution in [1.82, 2.24) is 14.8 Å². The normalized spacial score (nSPS) is 12.3. The minimum Gasteiger partial charge on any atom is -0.373 e. The highest BCUT2D eigenvalue weighted by atomic mass is 35.5. The summed E-state index contributed by atoms with van der Waals surface area (Å²) in [5, 5.41) is 8.54. The summed E-state index contributed by atoms with van der Waals surface area (Å²) in [6, 6.07) is 12.5. The molecule has 5 nitrogen and oxygen atoms in total. The summed E-state index contributed by atoms with van der Waals surface area (Å²) in [5.41, 5.74) is 8.05. The number of hydrogen-bond acceptors (Lipinski definition) is 5. The number of thiophene rings is 1. The Morgan fingerprint density at radius 2 is 2.13 bits per heavy atom. The second kappa shape index (κ2) is 7.12. The average molecular weight is 348 g/mol. The third kappa shape index (κ3) is 3.72. The van der Waals surface area contributed by atoms with Gasteiger partial charge in [-0.05, 0) is 18.1 Å². The summed E-state index contributed by atoms with van der Waals surface area (Å²) in [7, 11) is 1.85. The van der Waals surface area contributed by atoms with Crippen molar-refractivity contribution in [2.45, 2.75) is 12.5 Å². The third-order valence-corrected chi connectivity index (χ3v) is 4.88. The van der Waals surface area contributed by atoms with Gasteiger partial charge in [0.1, 0.15) is 10.7 Å². The Hall–Kier alpha value is -1.89. The van der Waals surface area contributed by atoms with Crippen molar-refractivity contribution in [2.75, 3.05) is 11.9 Å². The molecule has 120 valence electrons. The molecule has 0 spiro atoms. The molecule has 0 amide bonds. The second-order valence-electron chi connectivity index (χ2n) is 5.27. The van der Waals surface area contributed by atoms with E-state index in [-0.39, 0.29) is 6.04 Å². The number of halogens is 1. The summed E-state index contributed by atoms with van der Waals surface area (Å²) < 4.78 is 2.40. The van der Waals surface area contributed by atoms with E-state index in [1.807, 2.05) is 31.3 Å². The maximum atomic E-state index is 6.36. The first-order chi connectivity index (χ1) is 11.2. The topological polar surface area (TPSA) is 68.8 Å². The lowest BCUT2D eigenvalue weighted by molar-refractivity contribution is 0.726. The van der Waals surface area contributed by atoms with E-state index in [0.717, 1.165) is 22.8 Å². The van der Waals surface area contributed by atoms with Crippen LogP contribution in [0, 0.1) is 0 Å². The van der Waals surface area contributed by atoms with Gasteiger partial charge < -0.3 is 11.1 Å². The van der Waals surface area contributed by atoms with Crippen LogP contribution in [0.15, 0.2) is 42.7 Å². The summed E-state index contributed by atoms with van der Waals surface area (Å²) >= 11 is 7.85. The molecule has 2 aromatic heterocycles. The molecular weight excluding hydrogens is 330 g/mol. The summed E-state index contributed by atoms with van der Waals surface area (Å²) in [4.78, 5) is 4.25. The monoisotopic (exact) mass is 347 g/mol. The molecule has 7 heteroatoms.